The third kappa shape index (κ3) is 5.17. The van der Waals surface area contributed by atoms with Crippen LogP contribution in [0, 0.1) is 5.92 Å². The van der Waals surface area contributed by atoms with Crippen LogP contribution in [0.15, 0.2) is 18.2 Å². The maximum absolute atomic E-state index is 12.1. The number of carbonyl (C=O) groups excluding carboxylic acids is 1. The van der Waals surface area contributed by atoms with Gasteiger partial charge in [0.15, 0.2) is 0 Å². The van der Waals surface area contributed by atoms with Crippen LogP contribution in [0.5, 0.6) is 0 Å². The monoisotopic (exact) mass is 327 g/mol. The van der Waals surface area contributed by atoms with Gasteiger partial charge in [-0.3, -0.25) is 9.59 Å². The molecule has 1 aromatic heterocycles. The Labute approximate surface area is 133 Å². The summed E-state index contributed by atoms with van der Waals surface area (Å²) in [5.74, 6) is -0.313. The second-order valence-electron chi connectivity index (χ2n) is 5.18. The van der Waals surface area contributed by atoms with Gasteiger partial charge in [-0.2, -0.15) is 0 Å². The highest BCUT2D eigenvalue weighted by molar-refractivity contribution is 7.17. The van der Waals surface area contributed by atoms with Gasteiger partial charge in [-0.25, -0.2) is 0 Å². The van der Waals surface area contributed by atoms with Gasteiger partial charge in [0.25, 0.3) is 0 Å². The number of hydrogen-bond donors (Lipinski definition) is 1. The van der Waals surface area contributed by atoms with E-state index in [4.69, 9.17) is 16.7 Å². The molecule has 114 valence electrons. The van der Waals surface area contributed by atoms with Gasteiger partial charge in [0.2, 0.25) is 5.91 Å². The lowest BCUT2D eigenvalue weighted by Gasteiger charge is -2.31. The van der Waals surface area contributed by atoms with Crippen LogP contribution in [0.1, 0.15) is 30.6 Å². The molecule has 4 nitrogen and oxygen atoms in total. The summed E-state index contributed by atoms with van der Waals surface area (Å²) in [4.78, 5) is 25.4. The van der Waals surface area contributed by atoms with Crippen molar-refractivity contribution in [1.29, 1.82) is 0 Å². The summed E-state index contributed by atoms with van der Waals surface area (Å²) >= 11 is 7.28. The number of thiophene rings is 1. The van der Waals surface area contributed by atoms with E-state index in [0.29, 0.717) is 29.8 Å². The quantitative estimate of drug-likeness (QED) is 0.842. The average Bonchev–Trinajstić information content (AvgIpc) is 2.89. The predicted molar refractivity (Wildman–Crippen MR) is 84.5 cm³/mol. The van der Waals surface area contributed by atoms with Gasteiger partial charge in [-0.1, -0.05) is 11.6 Å². The van der Waals surface area contributed by atoms with E-state index in [1.165, 1.54) is 11.3 Å². The fourth-order valence-electron chi connectivity index (χ4n) is 2.45. The zero-order valence-corrected chi connectivity index (χ0v) is 13.2. The first-order valence-electron chi connectivity index (χ1n) is 6.98. The van der Waals surface area contributed by atoms with Gasteiger partial charge in [-0.15, -0.1) is 11.3 Å². The van der Waals surface area contributed by atoms with E-state index in [1.807, 2.05) is 17.0 Å². The van der Waals surface area contributed by atoms with Gasteiger partial charge in [-0.05, 0) is 43.4 Å². The van der Waals surface area contributed by atoms with Crippen LogP contribution in [0.25, 0.3) is 6.08 Å². The number of carboxylic acids is 1. The first kappa shape index (κ1) is 16.0. The second kappa shape index (κ2) is 7.61. The number of rotatable bonds is 5. The molecule has 21 heavy (non-hydrogen) atoms. The molecule has 0 spiro atoms. The predicted octanol–water partition coefficient (Wildman–Crippen LogP) is 3.52. The SMILES string of the molecule is O=C(O)CCC1CCN(C(=O)C=Cc2ccc(Cl)s2)CC1. The van der Waals surface area contributed by atoms with Crippen LogP contribution in [0.2, 0.25) is 4.34 Å². The molecule has 0 unspecified atom stereocenters. The molecule has 0 aliphatic carbocycles. The average molecular weight is 328 g/mol. The molecule has 2 heterocycles. The van der Waals surface area contributed by atoms with Gasteiger partial charge in [0.05, 0.1) is 4.34 Å². The number of nitrogens with zero attached hydrogens (tertiary/aromatic N) is 1. The largest absolute Gasteiger partial charge is 0.481 e. The lowest BCUT2D eigenvalue weighted by atomic mass is 9.92. The summed E-state index contributed by atoms with van der Waals surface area (Å²) in [7, 11) is 0. The van der Waals surface area contributed by atoms with Gasteiger partial charge in [0, 0.05) is 30.5 Å². The minimum absolute atomic E-state index is 0.0104. The van der Waals surface area contributed by atoms with Crippen LogP contribution in [-0.4, -0.2) is 35.0 Å². The highest BCUT2D eigenvalue weighted by Crippen LogP contribution is 2.24. The van der Waals surface area contributed by atoms with Crippen molar-refractivity contribution in [3.05, 3.63) is 27.4 Å². The van der Waals surface area contributed by atoms with Crippen molar-refractivity contribution in [2.24, 2.45) is 5.92 Å². The zero-order chi connectivity index (χ0) is 15.2. The maximum Gasteiger partial charge on any atom is 0.303 e. The molecule has 1 aliphatic rings. The Balaban J connectivity index is 1.77. The Hall–Kier alpha value is -1.33. The van der Waals surface area contributed by atoms with E-state index in [9.17, 15) is 9.59 Å². The first-order chi connectivity index (χ1) is 10.0. The van der Waals surface area contributed by atoms with E-state index in [0.717, 1.165) is 17.7 Å². The van der Waals surface area contributed by atoms with Crippen molar-refractivity contribution in [3.63, 3.8) is 0 Å². The highest BCUT2D eigenvalue weighted by atomic mass is 35.5. The number of amides is 1. The number of halogens is 1. The Morgan fingerprint density at radius 1 is 1.38 bits per heavy atom. The number of piperidine rings is 1. The molecular weight excluding hydrogens is 310 g/mol. The fourth-order valence-corrected chi connectivity index (χ4v) is 3.41. The summed E-state index contributed by atoms with van der Waals surface area (Å²) in [5, 5.41) is 8.68. The Morgan fingerprint density at radius 3 is 2.67 bits per heavy atom. The van der Waals surface area contributed by atoms with Crippen molar-refractivity contribution in [2.45, 2.75) is 25.7 Å². The fraction of sp³-hybridized carbons (Fsp3) is 0.467. The van der Waals surface area contributed by atoms with Crippen LogP contribution in [0.4, 0.5) is 0 Å². The van der Waals surface area contributed by atoms with E-state index < -0.39 is 5.97 Å². The normalized spacial score (nSPS) is 16.5. The van der Waals surface area contributed by atoms with Crippen LogP contribution >= 0.6 is 22.9 Å². The third-order valence-electron chi connectivity index (χ3n) is 3.68. The number of carboxylic acid groups (broad SMARTS) is 1. The lowest BCUT2D eigenvalue weighted by molar-refractivity contribution is -0.137. The molecule has 6 heteroatoms. The molecular formula is C15H18ClNO3S. The number of carbonyl (C=O) groups is 2. The van der Waals surface area contributed by atoms with Crippen LogP contribution in [-0.2, 0) is 9.59 Å². The first-order valence-corrected chi connectivity index (χ1v) is 8.18. The Bertz CT molecular complexity index is 533. The minimum Gasteiger partial charge on any atom is -0.481 e. The van der Waals surface area contributed by atoms with E-state index in [1.54, 1.807) is 12.2 Å². The zero-order valence-electron chi connectivity index (χ0n) is 11.6. The molecule has 2 rings (SSSR count). The molecule has 0 saturated carbocycles. The summed E-state index contributed by atoms with van der Waals surface area (Å²) in [5.41, 5.74) is 0. The Morgan fingerprint density at radius 2 is 2.10 bits per heavy atom. The molecule has 1 N–H and O–H groups in total. The maximum atomic E-state index is 12.1. The van der Waals surface area contributed by atoms with E-state index in [-0.39, 0.29) is 12.3 Å². The van der Waals surface area contributed by atoms with Crippen molar-refractivity contribution < 1.29 is 14.7 Å². The molecule has 0 atom stereocenters. The van der Waals surface area contributed by atoms with Crippen molar-refractivity contribution in [2.75, 3.05) is 13.1 Å². The smallest absolute Gasteiger partial charge is 0.303 e. The summed E-state index contributed by atoms with van der Waals surface area (Å²) in [6.45, 7) is 1.41. The van der Waals surface area contributed by atoms with Crippen LogP contribution < -0.4 is 0 Å². The molecule has 0 aromatic carbocycles. The molecule has 1 saturated heterocycles. The molecule has 0 bridgehead atoms. The van der Waals surface area contributed by atoms with Crippen molar-refractivity contribution >= 4 is 40.9 Å². The lowest BCUT2D eigenvalue weighted by Crippen LogP contribution is -2.37. The van der Waals surface area contributed by atoms with Gasteiger partial charge < -0.3 is 10.0 Å². The standard InChI is InChI=1S/C15H18ClNO3S/c16-13-4-2-12(21-13)3-5-14(18)17-9-7-11(8-10-17)1-6-15(19)20/h2-5,11H,1,6-10H2,(H,19,20). The van der Waals surface area contributed by atoms with Crippen molar-refractivity contribution in [1.82, 2.24) is 4.90 Å². The highest BCUT2D eigenvalue weighted by Gasteiger charge is 2.21. The molecule has 0 radical (unpaired) electrons. The summed E-state index contributed by atoms with van der Waals surface area (Å²) in [6.07, 6.45) is 6.07. The molecule has 1 aliphatic heterocycles. The topological polar surface area (TPSA) is 57.6 Å². The van der Waals surface area contributed by atoms with E-state index in [2.05, 4.69) is 0 Å². The summed E-state index contributed by atoms with van der Waals surface area (Å²) < 4.78 is 0.710. The van der Waals surface area contributed by atoms with Crippen molar-refractivity contribution in [3.8, 4) is 0 Å². The molecule has 1 aromatic rings. The second-order valence-corrected chi connectivity index (χ2v) is 6.92. The minimum atomic E-state index is -0.744. The Kier molecular flexibility index (Phi) is 5.82. The van der Waals surface area contributed by atoms with Gasteiger partial charge >= 0.3 is 5.97 Å². The molecule has 1 fully saturated rings. The number of aliphatic carboxylic acids is 1. The van der Waals surface area contributed by atoms with Crippen LogP contribution in [0.3, 0.4) is 0 Å². The summed E-state index contributed by atoms with van der Waals surface area (Å²) in [6, 6.07) is 3.69. The number of hydrogen-bond acceptors (Lipinski definition) is 3. The van der Waals surface area contributed by atoms with Gasteiger partial charge in [0.1, 0.15) is 0 Å². The third-order valence-corrected chi connectivity index (χ3v) is 4.87. The number of likely N-dealkylation sites (tertiary alicyclic amines) is 1. The van der Waals surface area contributed by atoms with E-state index >= 15 is 0 Å². The molecule has 1 amide bonds.